The summed E-state index contributed by atoms with van der Waals surface area (Å²) in [5, 5.41) is 16.1. The first-order chi connectivity index (χ1) is 17.1. The topological polar surface area (TPSA) is 253 Å². The second-order valence-corrected chi connectivity index (χ2v) is 12.6. The number of aromatic nitrogens is 3. The molecule has 0 aliphatic carbocycles. The number of piperidine rings is 1. The molecule has 4 saturated heterocycles. The third-order valence-corrected chi connectivity index (χ3v) is 9.93. The molecule has 0 aromatic carbocycles. The first-order valence-electron chi connectivity index (χ1n) is 10.8. The van der Waals surface area contributed by atoms with Gasteiger partial charge in [-0.15, -0.1) is 9.38 Å². The van der Waals surface area contributed by atoms with Crippen LogP contribution in [0, 0.1) is 0 Å². The molecule has 5 heterocycles. The van der Waals surface area contributed by atoms with Crippen molar-refractivity contribution in [3.63, 3.8) is 0 Å². The van der Waals surface area contributed by atoms with Crippen LogP contribution in [0.3, 0.4) is 0 Å². The lowest BCUT2D eigenvalue weighted by atomic mass is 9.96. The van der Waals surface area contributed by atoms with E-state index in [0.717, 1.165) is 9.80 Å². The molecular formula is C17H23N7O11S2. The number of β-lactam (4-membered cyclic amide) rings is 1. The van der Waals surface area contributed by atoms with E-state index in [0.29, 0.717) is 17.9 Å². The lowest BCUT2D eigenvalue weighted by molar-refractivity contribution is -0.157. The number of amides is 4. The molecule has 4 N–H and O–H groups in total. The van der Waals surface area contributed by atoms with Crippen molar-refractivity contribution in [1.82, 2.24) is 29.9 Å². The highest BCUT2D eigenvalue weighted by molar-refractivity contribution is 7.93. The highest BCUT2D eigenvalue weighted by Crippen LogP contribution is 2.46. The smallest absolute Gasteiger partial charge is 0.418 e. The molecule has 4 amide bonds. The van der Waals surface area contributed by atoms with E-state index in [1.54, 1.807) is 0 Å². The molecule has 20 heteroatoms. The average molecular weight is 566 g/mol. The fraction of sp³-hybridized carbons (Fsp3) is 0.647. The Kier molecular flexibility index (Phi) is 6.41. The number of carboxylic acid groups (broad SMARTS) is 1. The van der Waals surface area contributed by atoms with Crippen LogP contribution in [0.4, 0.5) is 4.79 Å². The standard InChI is InChI=1S/C10H12N4O5S.C7H11N3O6S/c1-10(5-13-3-2-11-12-13)8(9(16)17)14-6(15)4-7(14)20(10,18)19;8-6(11)5-2-1-4-3-9(5)7(12)10(4)16-17(13,14)15/h2-3,7-8H,4-5H2,1H3,(H,16,17);4-5H,1-3H2,(H2,8,11)(H,13,14,15)/t7-,8+,10+;4-,5+/m11/s1. The molecule has 1 aromatic heterocycles. The number of hydroxylamine groups is 2. The predicted octanol–water partition coefficient (Wildman–Crippen LogP) is -3.05. The fourth-order valence-corrected chi connectivity index (χ4v) is 7.80. The zero-order valence-electron chi connectivity index (χ0n) is 19.1. The summed E-state index contributed by atoms with van der Waals surface area (Å²) >= 11 is 0. The summed E-state index contributed by atoms with van der Waals surface area (Å²) in [6, 6.07) is -3.44. The maximum absolute atomic E-state index is 12.5. The van der Waals surface area contributed by atoms with Crippen molar-refractivity contribution >= 4 is 44.1 Å². The summed E-state index contributed by atoms with van der Waals surface area (Å²) < 4.78 is 58.6. The Labute approximate surface area is 209 Å². The van der Waals surface area contributed by atoms with Crippen LogP contribution >= 0.6 is 0 Å². The summed E-state index contributed by atoms with van der Waals surface area (Å²) in [5.74, 6) is -2.43. The number of rotatable bonds is 6. The van der Waals surface area contributed by atoms with E-state index < -0.39 is 72.3 Å². The van der Waals surface area contributed by atoms with Gasteiger partial charge in [-0.1, -0.05) is 5.21 Å². The van der Waals surface area contributed by atoms with Crippen LogP contribution < -0.4 is 5.73 Å². The number of hydrogen-bond acceptors (Lipinski definition) is 11. The first kappa shape index (κ1) is 26.7. The molecule has 1 aromatic rings. The number of nitrogens with zero attached hydrogens (tertiary/aromatic N) is 6. The molecule has 0 unspecified atom stereocenters. The highest BCUT2D eigenvalue weighted by atomic mass is 32.3. The zero-order valence-corrected chi connectivity index (χ0v) is 20.8. The van der Waals surface area contributed by atoms with Gasteiger partial charge in [0.15, 0.2) is 15.9 Å². The second-order valence-electron chi connectivity index (χ2n) is 9.07. The van der Waals surface area contributed by atoms with Gasteiger partial charge in [0.25, 0.3) is 0 Å². The summed E-state index contributed by atoms with van der Waals surface area (Å²) in [6.07, 6.45) is 3.40. The van der Waals surface area contributed by atoms with Gasteiger partial charge in [0.1, 0.15) is 16.2 Å². The third kappa shape index (κ3) is 4.38. The summed E-state index contributed by atoms with van der Waals surface area (Å²) in [4.78, 5) is 47.9. The van der Waals surface area contributed by atoms with Crippen LogP contribution in [0.15, 0.2) is 12.4 Å². The number of fused-ring (bicyclic) bond motifs is 3. The first-order valence-corrected chi connectivity index (χ1v) is 13.7. The van der Waals surface area contributed by atoms with Crippen molar-refractivity contribution in [1.29, 1.82) is 0 Å². The molecular weight excluding hydrogens is 542 g/mol. The molecule has 18 nitrogen and oxygen atoms in total. The molecule has 204 valence electrons. The molecule has 4 aliphatic heterocycles. The number of primary amides is 1. The molecule has 0 saturated carbocycles. The Morgan fingerprint density at radius 3 is 2.49 bits per heavy atom. The van der Waals surface area contributed by atoms with Crippen molar-refractivity contribution in [2.75, 3.05) is 6.54 Å². The van der Waals surface area contributed by atoms with Crippen LogP contribution in [-0.4, -0.2) is 115 Å². The summed E-state index contributed by atoms with van der Waals surface area (Å²) in [7, 11) is -8.55. The molecule has 4 aliphatic rings. The van der Waals surface area contributed by atoms with Gasteiger partial charge in [0.2, 0.25) is 11.8 Å². The van der Waals surface area contributed by atoms with Gasteiger partial charge in [0, 0.05) is 12.7 Å². The Morgan fingerprint density at radius 1 is 1.30 bits per heavy atom. The normalized spacial score (nSPS) is 31.9. The van der Waals surface area contributed by atoms with Crippen molar-refractivity contribution in [3.8, 4) is 0 Å². The lowest BCUT2D eigenvalue weighted by Crippen LogP contribution is -2.58. The average Bonchev–Trinajstić information content (AvgIpc) is 3.40. The van der Waals surface area contributed by atoms with Gasteiger partial charge >= 0.3 is 22.4 Å². The van der Waals surface area contributed by atoms with Crippen molar-refractivity contribution in [2.45, 2.75) is 61.0 Å². The molecule has 0 radical (unpaired) electrons. The van der Waals surface area contributed by atoms with Gasteiger partial charge in [0.05, 0.1) is 25.2 Å². The number of urea groups is 1. The maximum atomic E-state index is 12.5. The number of nitrogens with two attached hydrogens (primary N) is 1. The SMILES string of the molecule is C[C@]1(Cn2ccnn2)[C@H](C(=O)O)N2C(=O)C[C@H]2S1(=O)=O.NC(=O)[C@@H]1CC[C@@H]2CN1C(=O)N2OS(=O)(=O)O. The quantitative estimate of drug-likeness (QED) is 0.229. The van der Waals surface area contributed by atoms with E-state index in [1.165, 1.54) is 24.0 Å². The largest absolute Gasteiger partial charge is 0.480 e. The Balaban J connectivity index is 0.000000176. The molecule has 5 rings (SSSR count). The number of carboxylic acids is 1. The minimum Gasteiger partial charge on any atom is -0.480 e. The Hall–Kier alpha value is -3.36. The van der Waals surface area contributed by atoms with Crippen molar-refractivity contribution in [3.05, 3.63) is 12.4 Å². The van der Waals surface area contributed by atoms with Crippen molar-refractivity contribution < 1.29 is 50.0 Å². The molecule has 0 spiro atoms. The van der Waals surface area contributed by atoms with E-state index in [2.05, 4.69) is 14.6 Å². The lowest BCUT2D eigenvalue weighted by Gasteiger charge is -2.35. The van der Waals surface area contributed by atoms with Crippen molar-refractivity contribution in [2.24, 2.45) is 5.73 Å². The highest BCUT2D eigenvalue weighted by Gasteiger charge is 2.70. The number of hydrogen-bond donors (Lipinski definition) is 3. The van der Waals surface area contributed by atoms with Gasteiger partial charge in [-0.25, -0.2) is 18.0 Å². The van der Waals surface area contributed by atoms with Crippen LogP contribution in [0.25, 0.3) is 0 Å². The minimum absolute atomic E-state index is 0.154. The van der Waals surface area contributed by atoms with E-state index in [4.69, 9.17) is 10.3 Å². The van der Waals surface area contributed by atoms with Gasteiger partial charge in [-0.2, -0.15) is 13.5 Å². The van der Waals surface area contributed by atoms with E-state index >= 15 is 0 Å². The molecule has 5 atom stereocenters. The maximum Gasteiger partial charge on any atom is 0.418 e. The number of aliphatic carboxylic acids is 1. The van der Waals surface area contributed by atoms with Crippen LogP contribution in [-0.2, 0) is 45.4 Å². The van der Waals surface area contributed by atoms with E-state index in [9.17, 15) is 41.1 Å². The monoisotopic (exact) mass is 565 g/mol. The molecule has 37 heavy (non-hydrogen) atoms. The fourth-order valence-electron chi connectivity index (χ4n) is 5.05. The summed E-state index contributed by atoms with van der Waals surface area (Å²) in [6.45, 7) is 1.34. The second kappa shape index (κ2) is 8.89. The Morgan fingerprint density at radius 2 is 1.97 bits per heavy atom. The third-order valence-electron chi connectivity index (χ3n) is 6.82. The number of carbonyl (C=O) groups excluding carboxylic acids is 3. The predicted molar refractivity (Wildman–Crippen MR) is 117 cm³/mol. The van der Waals surface area contributed by atoms with Gasteiger partial charge < -0.3 is 20.6 Å². The minimum atomic E-state index is -4.75. The van der Waals surface area contributed by atoms with E-state index in [-0.39, 0.29) is 19.5 Å². The Bertz CT molecular complexity index is 1350. The zero-order chi connectivity index (χ0) is 27.5. The van der Waals surface area contributed by atoms with Gasteiger partial charge in [-0.05, 0) is 19.8 Å². The van der Waals surface area contributed by atoms with Crippen LogP contribution in [0.1, 0.15) is 26.2 Å². The van der Waals surface area contributed by atoms with Gasteiger partial charge in [-0.3, -0.25) is 18.8 Å². The molecule has 4 fully saturated rings. The number of carbonyl (C=O) groups is 4. The molecule has 2 bridgehead atoms. The van der Waals surface area contributed by atoms with E-state index in [1.807, 2.05) is 0 Å². The number of sulfone groups is 1. The van der Waals surface area contributed by atoms with Crippen LogP contribution in [0.5, 0.6) is 0 Å². The van der Waals surface area contributed by atoms with Crippen LogP contribution in [0.2, 0.25) is 0 Å². The summed E-state index contributed by atoms with van der Waals surface area (Å²) in [5.41, 5.74) is 5.13.